The Kier molecular flexibility index (Phi) is 6.84. The average molecular weight is 480 g/mol. The van der Waals surface area contributed by atoms with E-state index in [0.717, 1.165) is 17.2 Å². The summed E-state index contributed by atoms with van der Waals surface area (Å²) in [4.78, 5) is 17.7. The van der Waals surface area contributed by atoms with E-state index in [-0.39, 0.29) is 17.2 Å². The SMILES string of the molecule is CC(=O)CN(C)Cc1cccc(-c2noc(-c3ccc(-c4ccccc4C(F)(F)F)c(C)c3)n2)c1. The van der Waals surface area contributed by atoms with Crippen molar-refractivity contribution in [2.45, 2.75) is 26.6 Å². The molecule has 3 aromatic carbocycles. The van der Waals surface area contributed by atoms with Crippen LogP contribution in [0.5, 0.6) is 0 Å². The minimum atomic E-state index is -4.45. The summed E-state index contributed by atoms with van der Waals surface area (Å²) in [6.45, 7) is 4.26. The molecule has 0 spiro atoms. The van der Waals surface area contributed by atoms with Gasteiger partial charge in [-0.2, -0.15) is 18.2 Å². The second-order valence-electron chi connectivity index (χ2n) is 8.57. The van der Waals surface area contributed by atoms with Crippen molar-refractivity contribution >= 4 is 5.78 Å². The highest BCUT2D eigenvalue weighted by Crippen LogP contribution is 2.38. The summed E-state index contributed by atoms with van der Waals surface area (Å²) in [6, 6.07) is 18.2. The largest absolute Gasteiger partial charge is 0.417 e. The number of alkyl halides is 3. The first kappa shape index (κ1) is 24.3. The summed E-state index contributed by atoms with van der Waals surface area (Å²) in [5.41, 5.74) is 2.99. The molecule has 35 heavy (non-hydrogen) atoms. The molecule has 0 aliphatic rings. The molecule has 8 heteroatoms. The van der Waals surface area contributed by atoms with Gasteiger partial charge in [0.2, 0.25) is 5.82 Å². The fraction of sp³-hybridized carbons (Fsp3) is 0.222. The molecular formula is C27H24F3N3O2. The summed E-state index contributed by atoms with van der Waals surface area (Å²) in [5, 5.41) is 4.09. The zero-order valence-corrected chi connectivity index (χ0v) is 19.6. The van der Waals surface area contributed by atoms with Gasteiger partial charge in [-0.15, -0.1) is 0 Å². The lowest BCUT2D eigenvalue weighted by Gasteiger charge is -2.15. The van der Waals surface area contributed by atoms with Gasteiger partial charge in [0.25, 0.3) is 5.89 Å². The predicted molar refractivity (Wildman–Crippen MR) is 127 cm³/mol. The lowest BCUT2D eigenvalue weighted by atomic mass is 9.94. The number of rotatable bonds is 7. The summed E-state index contributed by atoms with van der Waals surface area (Å²) in [5.74, 6) is 0.771. The Morgan fingerprint density at radius 2 is 1.74 bits per heavy atom. The zero-order valence-electron chi connectivity index (χ0n) is 19.6. The Morgan fingerprint density at radius 1 is 0.971 bits per heavy atom. The van der Waals surface area contributed by atoms with Crippen molar-refractivity contribution in [2.24, 2.45) is 0 Å². The Labute approximate surface area is 201 Å². The van der Waals surface area contributed by atoms with E-state index in [0.29, 0.717) is 35.6 Å². The van der Waals surface area contributed by atoms with Crippen LogP contribution in [-0.2, 0) is 17.5 Å². The zero-order chi connectivity index (χ0) is 25.2. The Hall–Kier alpha value is -3.78. The summed E-state index contributed by atoms with van der Waals surface area (Å²) in [7, 11) is 1.87. The van der Waals surface area contributed by atoms with E-state index in [2.05, 4.69) is 10.1 Å². The van der Waals surface area contributed by atoms with Crippen molar-refractivity contribution in [3.05, 3.63) is 83.4 Å². The van der Waals surface area contributed by atoms with Crippen molar-refractivity contribution in [1.29, 1.82) is 0 Å². The highest BCUT2D eigenvalue weighted by atomic mass is 19.4. The second kappa shape index (κ2) is 9.84. The number of likely N-dealkylation sites (N-methyl/N-ethyl adjacent to an activating group) is 1. The topological polar surface area (TPSA) is 59.2 Å². The summed E-state index contributed by atoms with van der Waals surface area (Å²) < 4.78 is 45.9. The Bertz CT molecular complexity index is 1360. The van der Waals surface area contributed by atoms with Gasteiger partial charge in [0.05, 0.1) is 12.1 Å². The Balaban J connectivity index is 1.59. The van der Waals surface area contributed by atoms with Gasteiger partial charge < -0.3 is 4.52 Å². The molecule has 1 heterocycles. The smallest absolute Gasteiger partial charge is 0.334 e. The Morgan fingerprint density at radius 3 is 2.46 bits per heavy atom. The van der Waals surface area contributed by atoms with Gasteiger partial charge >= 0.3 is 6.18 Å². The van der Waals surface area contributed by atoms with E-state index in [9.17, 15) is 18.0 Å². The third-order valence-corrected chi connectivity index (χ3v) is 5.55. The number of benzene rings is 3. The average Bonchev–Trinajstić information content (AvgIpc) is 3.28. The fourth-order valence-electron chi connectivity index (χ4n) is 4.08. The van der Waals surface area contributed by atoms with E-state index in [1.54, 1.807) is 38.1 Å². The van der Waals surface area contributed by atoms with Gasteiger partial charge in [0.1, 0.15) is 5.78 Å². The highest BCUT2D eigenvalue weighted by molar-refractivity contribution is 5.77. The maximum absolute atomic E-state index is 13.5. The van der Waals surface area contributed by atoms with Crippen LogP contribution in [0.1, 0.15) is 23.6 Å². The van der Waals surface area contributed by atoms with Crippen molar-refractivity contribution in [3.8, 4) is 34.0 Å². The van der Waals surface area contributed by atoms with Crippen LogP contribution in [0.2, 0.25) is 0 Å². The lowest BCUT2D eigenvalue weighted by Crippen LogP contribution is -2.23. The van der Waals surface area contributed by atoms with Crippen molar-refractivity contribution in [3.63, 3.8) is 0 Å². The molecule has 0 unspecified atom stereocenters. The van der Waals surface area contributed by atoms with Gasteiger partial charge in [0, 0.05) is 17.7 Å². The third-order valence-electron chi connectivity index (χ3n) is 5.55. The fourth-order valence-corrected chi connectivity index (χ4v) is 4.08. The number of carbonyl (C=O) groups excluding carboxylic acids is 1. The predicted octanol–water partition coefficient (Wildman–Crippen LogP) is 6.42. The number of Topliss-reactive ketones (excluding diaryl/α,β-unsaturated/α-hetero) is 1. The van der Waals surface area contributed by atoms with E-state index < -0.39 is 11.7 Å². The molecule has 0 saturated carbocycles. The minimum absolute atomic E-state index is 0.0923. The van der Waals surface area contributed by atoms with Gasteiger partial charge in [0.15, 0.2) is 0 Å². The van der Waals surface area contributed by atoms with Crippen LogP contribution in [-0.4, -0.2) is 34.4 Å². The van der Waals surface area contributed by atoms with Gasteiger partial charge in [-0.05, 0) is 67.4 Å². The van der Waals surface area contributed by atoms with E-state index in [4.69, 9.17) is 4.52 Å². The van der Waals surface area contributed by atoms with Crippen LogP contribution < -0.4 is 0 Å². The quantitative estimate of drug-likeness (QED) is 0.306. The number of aromatic nitrogens is 2. The van der Waals surface area contributed by atoms with Crippen LogP contribution in [0.25, 0.3) is 34.0 Å². The standard InChI is InChI=1S/C27H24F3N3O2/c1-17-13-21(11-12-22(17)23-9-4-5-10-24(23)27(28,29)30)26-31-25(32-35-26)20-8-6-7-19(14-20)16-33(3)15-18(2)34/h4-14H,15-16H2,1-3H3. The number of hydrogen-bond acceptors (Lipinski definition) is 5. The van der Waals surface area contributed by atoms with E-state index in [1.165, 1.54) is 12.1 Å². The molecule has 0 saturated heterocycles. The molecular weight excluding hydrogens is 455 g/mol. The van der Waals surface area contributed by atoms with Crippen LogP contribution in [0, 0.1) is 6.92 Å². The van der Waals surface area contributed by atoms with E-state index >= 15 is 0 Å². The van der Waals surface area contributed by atoms with Crippen LogP contribution in [0.4, 0.5) is 13.2 Å². The first-order valence-corrected chi connectivity index (χ1v) is 11.0. The first-order valence-electron chi connectivity index (χ1n) is 11.0. The van der Waals surface area contributed by atoms with Crippen LogP contribution in [0.15, 0.2) is 71.3 Å². The maximum Gasteiger partial charge on any atom is 0.417 e. The molecule has 0 fully saturated rings. The minimum Gasteiger partial charge on any atom is -0.334 e. The summed E-state index contributed by atoms with van der Waals surface area (Å²) >= 11 is 0. The highest BCUT2D eigenvalue weighted by Gasteiger charge is 2.33. The second-order valence-corrected chi connectivity index (χ2v) is 8.57. The normalized spacial score (nSPS) is 11.7. The molecule has 4 aromatic rings. The number of halogens is 3. The number of carbonyl (C=O) groups is 1. The molecule has 0 N–H and O–H groups in total. The number of ketones is 1. The van der Waals surface area contributed by atoms with Crippen LogP contribution in [0.3, 0.4) is 0 Å². The number of hydrogen-bond donors (Lipinski definition) is 0. The number of aryl methyl sites for hydroxylation is 1. The molecule has 180 valence electrons. The molecule has 4 rings (SSSR count). The van der Waals surface area contributed by atoms with Gasteiger partial charge in [-0.3, -0.25) is 9.69 Å². The molecule has 0 amide bonds. The van der Waals surface area contributed by atoms with Crippen molar-refractivity contribution in [2.75, 3.05) is 13.6 Å². The summed E-state index contributed by atoms with van der Waals surface area (Å²) in [6.07, 6.45) is -4.45. The molecule has 0 atom stereocenters. The molecule has 0 aliphatic carbocycles. The van der Waals surface area contributed by atoms with Crippen molar-refractivity contribution in [1.82, 2.24) is 15.0 Å². The molecule has 0 bridgehead atoms. The molecule has 0 radical (unpaired) electrons. The molecule has 1 aromatic heterocycles. The van der Waals surface area contributed by atoms with E-state index in [1.807, 2.05) is 36.2 Å². The maximum atomic E-state index is 13.5. The third kappa shape index (κ3) is 5.66. The van der Waals surface area contributed by atoms with Gasteiger partial charge in [-0.25, -0.2) is 0 Å². The molecule has 5 nitrogen and oxygen atoms in total. The monoisotopic (exact) mass is 479 g/mol. The van der Waals surface area contributed by atoms with Crippen molar-refractivity contribution < 1.29 is 22.5 Å². The van der Waals surface area contributed by atoms with Crippen LogP contribution >= 0.6 is 0 Å². The lowest BCUT2D eigenvalue weighted by molar-refractivity contribution is -0.137. The molecule has 0 aliphatic heterocycles. The van der Waals surface area contributed by atoms with Gasteiger partial charge in [-0.1, -0.05) is 47.6 Å². The number of nitrogens with zero attached hydrogens (tertiary/aromatic N) is 3. The first-order chi connectivity index (χ1) is 16.6.